The van der Waals surface area contributed by atoms with Crippen molar-refractivity contribution < 1.29 is 9.53 Å². The second kappa shape index (κ2) is 6.50. The molecule has 0 aliphatic carbocycles. The van der Waals surface area contributed by atoms with E-state index < -0.39 is 0 Å². The van der Waals surface area contributed by atoms with Gasteiger partial charge < -0.3 is 4.74 Å². The van der Waals surface area contributed by atoms with Crippen molar-refractivity contribution in [3.05, 3.63) is 46.2 Å². The van der Waals surface area contributed by atoms with E-state index in [1.165, 1.54) is 0 Å². The highest BCUT2D eigenvalue weighted by molar-refractivity contribution is 7.18. The monoisotopic (exact) mass is 329 g/mol. The molecular formula is C17H19N3O2S. The molecule has 5 nitrogen and oxygen atoms in total. The minimum absolute atomic E-state index is 0.202. The van der Waals surface area contributed by atoms with Crippen LogP contribution < -0.4 is 0 Å². The van der Waals surface area contributed by atoms with Crippen LogP contribution in [0.1, 0.15) is 28.4 Å². The van der Waals surface area contributed by atoms with Crippen molar-refractivity contribution in [3.63, 3.8) is 0 Å². The number of hydrogen-bond acceptors (Lipinski definition) is 5. The molecule has 0 saturated carbocycles. The smallest absolute Gasteiger partial charge is 0.306 e. The normalized spacial score (nSPS) is 11.1. The third-order valence-corrected chi connectivity index (χ3v) is 4.94. The van der Waals surface area contributed by atoms with Crippen LogP contribution in [0.2, 0.25) is 0 Å². The molecule has 0 spiro atoms. The van der Waals surface area contributed by atoms with Crippen LogP contribution in [0.25, 0.3) is 10.2 Å². The molecule has 3 rings (SSSR count). The molecule has 120 valence electrons. The molecule has 6 heteroatoms. The molecule has 0 N–H and O–H groups in total. The topological polar surface area (TPSA) is 57.0 Å². The zero-order valence-electron chi connectivity index (χ0n) is 13.5. The number of rotatable bonds is 5. The first-order valence-corrected chi connectivity index (χ1v) is 8.35. The Hall–Kier alpha value is -2.21. The van der Waals surface area contributed by atoms with Gasteiger partial charge in [-0.25, -0.2) is 4.98 Å². The van der Waals surface area contributed by atoms with Crippen LogP contribution in [-0.4, -0.2) is 20.7 Å². The van der Waals surface area contributed by atoms with Crippen LogP contribution >= 0.6 is 11.3 Å². The lowest BCUT2D eigenvalue weighted by atomic mass is 10.1. The third kappa shape index (κ3) is 3.42. The van der Waals surface area contributed by atoms with Gasteiger partial charge in [-0.05, 0) is 38.0 Å². The third-order valence-electron chi connectivity index (χ3n) is 3.93. The number of hydrogen-bond donors (Lipinski definition) is 0. The van der Waals surface area contributed by atoms with Crippen molar-refractivity contribution in [1.29, 1.82) is 0 Å². The fourth-order valence-electron chi connectivity index (χ4n) is 2.60. The lowest BCUT2D eigenvalue weighted by molar-refractivity contribution is -0.144. The Morgan fingerprint density at radius 2 is 2.09 bits per heavy atom. The van der Waals surface area contributed by atoms with E-state index in [9.17, 15) is 4.79 Å². The van der Waals surface area contributed by atoms with E-state index >= 15 is 0 Å². The van der Waals surface area contributed by atoms with Gasteiger partial charge in [-0.3, -0.25) is 9.48 Å². The second-order valence-corrected chi connectivity index (χ2v) is 6.62. The molecular weight excluding hydrogens is 310 g/mol. The summed E-state index contributed by atoms with van der Waals surface area (Å²) in [5.41, 5.74) is 4.15. The molecule has 1 aromatic carbocycles. The standard InChI is InChI=1S/C17H19N3O2S/c1-11-13(12(2)20(3)19-11)8-9-17(21)22-10-16-18-14-6-4-5-7-15(14)23-16/h4-7H,8-10H2,1-3H3. The maximum Gasteiger partial charge on any atom is 0.306 e. The summed E-state index contributed by atoms with van der Waals surface area (Å²) >= 11 is 1.56. The van der Waals surface area contributed by atoms with Gasteiger partial charge in [0.05, 0.1) is 15.9 Å². The fraction of sp³-hybridized carbons (Fsp3) is 0.353. The quantitative estimate of drug-likeness (QED) is 0.674. The van der Waals surface area contributed by atoms with Gasteiger partial charge in [0.1, 0.15) is 11.6 Å². The van der Waals surface area contributed by atoms with Gasteiger partial charge in [0.2, 0.25) is 0 Å². The van der Waals surface area contributed by atoms with Gasteiger partial charge in [0.25, 0.3) is 0 Å². The predicted molar refractivity (Wildman–Crippen MR) is 90.4 cm³/mol. The number of ether oxygens (including phenoxy) is 1. The highest BCUT2D eigenvalue weighted by Crippen LogP contribution is 2.22. The summed E-state index contributed by atoms with van der Waals surface area (Å²) in [5, 5.41) is 5.19. The molecule has 0 aliphatic heterocycles. The van der Waals surface area contributed by atoms with Crippen molar-refractivity contribution >= 4 is 27.5 Å². The summed E-state index contributed by atoms with van der Waals surface area (Å²) in [4.78, 5) is 16.4. The first-order valence-electron chi connectivity index (χ1n) is 7.53. The number of carbonyl (C=O) groups excluding carboxylic acids is 1. The van der Waals surface area contributed by atoms with Gasteiger partial charge in [0.15, 0.2) is 0 Å². The Morgan fingerprint density at radius 3 is 2.78 bits per heavy atom. The Bertz CT molecular complexity index is 818. The summed E-state index contributed by atoms with van der Waals surface area (Å²) in [7, 11) is 1.91. The second-order valence-electron chi connectivity index (χ2n) is 5.51. The highest BCUT2D eigenvalue weighted by atomic mass is 32.1. The van der Waals surface area contributed by atoms with Gasteiger partial charge in [-0.2, -0.15) is 5.10 Å². The van der Waals surface area contributed by atoms with E-state index in [1.807, 2.05) is 49.8 Å². The van der Waals surface area contributed by atoms with Crippen molar-refractivity contribution in [2.75, 3.05) is 0 Å². The average Bonchev–Trinajstić information content (AvgIpc) is 3.05. The van der Waals surface area contributed by atoms with Gasteiger partial charge in [0, 0.05) is 19.2 Å². The number of thiazole rings is 1. The average molecular weight is 329 g/mol. The van der Waals surface area contributed by atoms with Crippen molar-refractivity contribution in [2.24, 2.45) is 7.05 Å². The summed E-state index contributed by atoms with van der Waals surface area (Å²) in [5.74, 6) is -0.202. The molecule has 0 bridgehead atoms. The fourth-order valence-corrected chi connectivity index (χ4v) is 3.48. The number of nitrogens with zero attached hydrogens (tertiary/aromatic N) is 3. The number of esters is 1. The van der Waals surface area contributed by atoms with Crippen LogP contribution in [0, 0.1) is 13.8 Å². The molecule has 2 heterocycles. The van der Waals surface area contributed by atoms with Crippen LogP contribution in [0.4, 0.5) is 0 Å². The van der Waals surface area contributed by atoms with E-state index in [0.717, 1.165) is 32.2 Å². The largest absolute Gasteiger partial charge is 0.458 e. The number of benzene rings is 1. The molecule has 0 aliphatic rings. The SMILES string of the molecule is Cc1nn(C)c(C)c1CCC(=O)OCc1nc2ccccc2s1. The molecule has 0 fully saturated rings. The number of carbonyl (C=O) groups is 1. The zero-order chi connectivity index (χ0) is 16.4. The van der Waals surface area contributed by atoms with E-state index in [2.05, 4.69) is 10.1 Å². The van der Waals surface area contributed by atoms with Gasteiger partial charge >= 0.3 is 5.97 Å². The van der Waals surface area contributed by atoms with E-state index in [4.69, 9.17) is 4.74 Å². The lowest BCUT2D eigenvalue weighted by Crippen LogP contribution is -2.06. The minimum Gasteiger partial charge on any atom is -0.458 e. The molecule has 0 amide bonds. The Balaban J connectivity index is 1.55. The molecule has 2 aromatic heterocycles. The van der Waals surface area contributed by atoms with Crippen LogP contribution in [0.5, 0.6) is 0 Å². The highest BCUT2D eigenvalue weighted by Gasteiger charge is 2.13. The zero-order valence-corrected chi connectivity index (χ0v) is 14.3. The first-order chi connectivity index (χ1) is 11.0. The summed E-state index contributed by atoms with van der Waals surface area (Å²) in [6.07, 6.45) is 1.02. The van der Waals surface area contributed by atoms with E-state index in [1.54, 1.807) is 11.3 Å². The number of fused-ring (bicyclic) bond motifs is 1. The molecule has 0 atom stereocenters. The van der Waals surface area contributed by atoms with Crippen molar-refractivity contribution in [1.82, 2.24) is 14.8 Å². The van der Waals surface area contributed by atoms with Gasteiger partial charge in [-0.1, -0.05) is 12.1 Å². The molecule has 3 aromatic rings. The van der Waals surface area contributed by atoms with E-state index in [-0.39, 0.29) is 12.6 Å². The van der Waals surface area contributed by atoms with E-state index in [0.29, 0.717) is 12.8 Å². The Kier molecular flexibility index (Phi) is 4.43. The number of para-hydroxylation sites is 1. The Labute approximate surface area is 138 Å². The van der Waals surface area contributed by atoms with Crippen LogP contribution in [0.15, 0.2) is 24.3 Å². The van der Waals surface area contributed by atoms with Crippen LogP contribution in [-0.2, 0) is 29.6 Å². The summed E-state index contributed by atoms with van der Waals surface area (Å²) < 4.78 is 8.30. The minimum atomic E-state index is -0.202. The maximum absolute atomic E-state index is 12.0. The number of aryl methyl sites for hydroxylation is 2. The number of aromatic nitrogens is 3. The molecule has 23 heavy (non-hydrogen) atoms. The predicted octanol–water partition coefficient (Wildman–Crippen LogP) is 3.32. The summed E-state index contributed by atoms with van der Waals surface area (Å²) in [6, 6.07) is 7.92. The van der Waals surface area contributed by atoms with Crippen molar-refractivity contribution in [2.45, 2.75) is 33.3 Å². The first kappa shape index (κ1) is 15.7. The molecule has 0 saturated heterocycles. The molecule has 0 unspecified atom stereocenters. The lowest BCUT2D eigenvalue weighted by Gasteiger charge is -2.03. The maximum atomic E-state index is 12.0. The summed E-state index contributed by atoms with van der Waals surface area (Å²) in [6.45, 7) is 4.22. The van der Waals surface area contributed by atoms with Gasteiger partial charge in [-0.15, -0.1) is 11.3 Å². The Morgan fingerprint density at radius 1 is 1.30 bits per heavy atom. The van der Waals surface area contributed by atoms with Crippen LogP contribution in [0.3, 0.4) is 0 Å². The molecule has 0 radical (unpaired) electrons. The van der Waals surface area contributed by atoms with Crippen molar-refractivity contribution in [3.8, 4) is 0 Å².